The van der Waals surface area contributed by atoms with Gasteiger partial charge in [0.15, 0.2) is 0 Å². The number of methoxy groups -OCH3 is 1. The van der Waals surface area contributed by atoms with Crippen LogP contribution in [0.25, 0.3) is 0 Å². The van der Waals surface area contributed by atoms with E-state index in [0.29, 0.717) is 31.1 Å². The van der Waals surface area contributed by atoms with Crippen molar-refractivity contribution in [3.63, 3.8) is 0 Å². The average Bonchev–Trinajstić information content (AvgIpc) is 2.50. The van der Waals surface area contributed by atoms with E-state index in [-0.39, 0.29) is 0 Å². The van der Waals surface area contributed by atoms with Gasteiger partial charge in [0.05, 0.1) is 6.61 Å². The summed E-state index contributed by atoms with van der Waals surface area (Å²) in [6.45, 7) is 5.53. The van der Waals surface area contributed by atoms with Crippen molar-refractivity contribution < 1.29 is 9.47 Å². The van der Waals surface area contributed by atoms with Gasteiger partial charge in [0.2, 0.25) is 5.88 Å². The van der Waals surface area contributed by atoms with E-state index in [1.807, 2.05) is 6.07 Å². The van der Waals surface area contributed by atoms with Crippen LogP contribution in [-0.4, -0.2) is 36.3 Å². The zero-order valence-electron chi connectivity index (χ0n) is 14.1. The lowest BCUT2D eigenvalue weighted by atomic mass is 9.86. The Labute approximate surface area is 133 Å². The highest BCUT2D eigenvalue weighted by atomic mass is 16.5. The second kappa shape index (κ2) is 8.93. The number of hydrogen-bond donors (Lipinski definition) is 1. The molecule has 2 rings (SSSR count). The summed E-state index contributed by atoms with van der Waals surface area (Å²) in [6, 6.07) is 2.42. The first kappa shape index (κ1) is 17.0. The van der Waals surface area contributed by atoms with Crippen LogP contribution in [-0.2, 0) is 11.2 Å². The molecule has 124 valence electrons. The number of anilines is 1. The van der Waals surface area contributed by atoms with Crippen LogP contribution in [0.3, 0.4) is 0 Å². The minimum Gasteiger partial charge on any atom is -0.475 e. The Hall–Kier alpha value is -1.36. The van der Waals surface area contributed by atoms with Crippen molar-refractivity contribution in [2.24, 2.45) is 5.92 Å². The highest BCUT2D eigenvalue weighted by molar-refractivity contribution is 5.39. The quantitative estimate of drug-likeness (QED) is 0.746. The number of rotatable bonds is 8. The summed E-state index contributed by atoms with van der Waals surface area (Å²) in [7, 11) is 1.67. The minimum absolute atomic E-state index is 0.505. The smallest absolute Gasteiger partial charge is 0.218 e. The maximum Gasteiger partial charge on any atom is 0.218 e. The van der Waals surface area contributed by atoms with Gasteiger partial charge in [-0.1, -0.05) is 26.7 Å². The standard InChI is InChI=1S/C17H29N3O2/c1-4-7-15-19-16(12-17(20-15)22-11-10-21-3)18-14-9-6-5-8-13(14)2/h12-14H,4-11H2,1-3H3,(H,18,19,20). The van der Waals surface area contributed by atoms with Crippen LogP contribution in [0.15, 0.2) is 6.07 Å². The lowest BCUT2D eigenvalue weighted by molar-refractivity contribution is 0.143. The fourth-order valence-corrected chi connectivity index (χ4v) is 2.91. The molecular weight excluding hydrogens is 278 g/mol. The average molecular weight is 307 g/mol. The van der Waals surface area contributed by atoms with Gasteiger partial charge in [-0.15, -0.1) is 0 Å². The first-order valence-corrected chi connectivity index (χ1v) is 8.49. The van der Waals surface area contributed by atoms with Crippen LogP contribution < -0.4 is 10.1 Å². The van der Waals surface area contributed by atoms with E-state index >= 15 is 0 Å². The van der Waals surface area contributed by atoms with Crippen LogP contribution in [0.2, 0.25) is 0 Å². The molecule has 5 nitrogen and oxygen atoms in total. The van der Waals surface area contributed by atoms with Gasteiger partial charge in [-0.05, 0) is 25.2 Å². The van der Waals surface area contributed by atoms with E-state index in [2.05, 4.69) is 29.1 Å². The third-order valence-corrected chi connectivity index (χ3v) is 4.20. The van der Waals surface area contributed by atoms with Gasteiger partial charge in [0.25, 0.3) is 0 Å². The van der Waals surface area contributed by atoms with Crippen LogP contribution >= 0.6 is 0 Å². The Kier molecular flexibility index (Phi) is 6.90. The second-order valence-electron chi connectivity index (χ2n) is 6.11. The minimum atomic E-state index is 0.505. The van der Waals surface area contributed by atoms with Crippen LogP contribution in [0.5, 0.6) is 5.88 Å². The summed E-state index contributed by atoms with van der Waals surface area (Å²) in [6.07, 6.45) is 7.05. The first-order valence-electron chi connectivity index (χ1n) is 8.49. The fraction of sp³-hybridized carbons (Fsp3) is 0.765. The molecule has 1 aliphatic rings. The summed E-state index contributed by atoms with van der Waals surface area (Å²) in [5.74, 6) is 3.07. The Balaban J connectivity index is 2.06. The number of nitrogens with one attached hydrogen (secondary N) is 1. The van der Waals surface area contributed by atoms with Gasteiger partial charge in [-0.3, -0.25) is 0 Å². The largest absolute Gasteiger partial charge is 0.475 e. The van der Waals surface area contributed by atoms with E-state index in [1.165, 1.54) is 25.7 Å². The van der Waals surface area contributed by atoms with Crippen molar-refractivity contribution in [3.05, 3.63) is 11.9 Å². The molecule has 1 aromatic rings. The fourth-order valence-electron chi connectivity index (χ4n) is 2.91. The monoisotopic (exact) mass is 307 g/mol. The molecule has 5 heteroatoms. The summed E-state index contributed by atoms with van der Waals surface area (Å²) in [5.41, 5.74) is 0. The van der Waals surface area contributed by atoms with E-state index in [1.54, 1.807) is 7.11 Å². The summed E-state index contributed by atoms with van der Waals surface area (Å²) < 4.78 is 10.7. The van der Waals surface area contributed by atoms with Gasteiger partial charge >= 0.3 is 0 Å². The number of nitrogens with zero attached hydrogens (tertiary/aromatic N) is 2. The molecule has 1 aromatic heterocycles. The molecule has 2 atom stereocenters. The highest BCUT2D eigenvalue weighted by Crippen LogP contribution is 2.27. The molecule has 0 radical (unpaired) electrons. The van der Waals surface area contributed by atoms with Gasteiger partial charge < -0.3 is 14.8 Å². The van der Waals surface area contributed by atoms with Crippen molar-refractivity contribution in [2.45, 2.75) is 58.4 Å². The molecule has 0 spiro atoms. The van der Waals surface area contributed by atoms with E-state index in [4.69, 9.17) is 9.47 Å². The van der Waals surface area contributed by atoms with E-state index in [9.17, 15) is 0 Å². The van der Waals surface area contributed by atoms with E-state index in [0.717, 1.165) is 24.5 Å². The van der Waals surface area contributed by atoms with Crippen molar-refractivity contribution in [2.75, 3.05) is 25.6 Å². The van der Waals surface area contributed by atoms with Crippen LogP contribution in [0.1, 0.15) is 51.8 Å². The zero-order valence-corrected chi connectivity index (χ0v) is 14.1. The Morgan fingerprint density at radius 2 is 2.05 bits per heavy atom. The third kappa shape index (κ3) is 5.13. The predicted molar refractivity (Wildman–Crippen MR) is 88.4 cm³/mol. The molecule has 22 heavy (non-hydrogen) atoms. The molecule has 1 heterocycles. The molecule has 1 saturated carbocycles. The number of aromatic nitrogens is 2. The Bertz CT molecular complexity index is 454. The number of aryl methyl sites for hydroxylation is 1. The molecule has 1 aliphatic carbocycles. The lowest BCUT2D eigenvalue weighted by Gasteiger charge is -2.30. The predicted octanol–water partition coefficient (Wildman–Crippen LogP) is 3.44. The Morgan fingerprint density at radius 3 is 2.77 bits per heavy atom. The molecule has 0 amide bonds. The normalized spacial score (nSPS) is 21.6. The van der Waals surface area contributed by atoms with E-state index < -0.39 is 0 Å². The SMILES string of the molecule is CCCc1nc(NC2CCCCC2C)cc(OCCOC)n1. The lowest BCUT2D eigenvalue weighted by Crippen LogP contribution is -2.30. The van der Waals surface area contributed by atoms with Crippen molar-refractivity contribution >= 4 is 5.82 Å². The van der Waals surface area contributed by atoms with Crippen LogP contribution in [0.4, 0.5) is 5.82 Å². The topological polar surface area (TPSA) is 56.3 Å². The molecule has 0 aromatic carbocycles. The molecule has 2 unspecified atom stereocenters. The maximum atomic E-state index is 5.67. The van der Waals surface area contributed by atoms with Gasteiger partial charge in [-0.2, -0.15) is 4.98 Å². The van der Waals surface area contributed by atoms with Gasteiger partial charge in [0.1, 0.15) is 18.2 Å². The number of ether oxygens (including phenoxy) is 2. The first-order chi connectivity index (χ1) is 10.7. The summed E-state index contributed by atoms with van der Waals surface area (Å²) in [5, 5.41) is 3.60. The summed E-state index contributed by atoms with van der Waals surface area (Å²) >= 11 is 0. The van der Waals surface area contributed by atoms with Crippen molar-refractivity contribution in [1.82, 2.24) is 9.97 Å². The highest BCUT2D eigenvalue weighted by Gasteiger charge is 2.21. The molecule has 1 N–H and O–H groups in total. The van der Waals surface area contributed by atoms with Crippen molar-refractivity contribution in [1.29, 1.82) is 0 Å². The Morgan fingerprint density at radius 1 is 1.23 bits per heavy atom. The van der Waals surface area contributed by atoms with Crippen LogP contribution in [0, 0.1) is 5.92 Å². The number of hydrogen-bond acceptors (Lipinski definition) is 5. The molecular formula is C17H29N3O2. The summed E-state index contributed by atoms with van der Waals surface area (Å²) in [4.78, 5) is 9.12. The third-order valence-electron chi connectivity index (χ3n) is 4.20. The molecule has 1 fully saturated rings. The second-order valence-corrected chi connectivity index (χ2v) is 6.11. The zero-order chi connectivity index (χ0) is 15.8. The van der Waals surface area contributed by atoms with Crippen molar-refractivity contribution in [3.8, 4) is 5.88 Å². The molecule has 0 aliphatic heterocycles. The maximum absolute atomic E-state index is 5.67. The van der Waals surface area contributed by atoms with Gasteiger partial charge in [0, 0.05) is 25.6 Å². The molecule has 0 bridgehead atoms. The molecule has 0 saturated heterocycles. The van der Waals surface area contributed by atoms with Gasteiger partial charge in [-0.25, -0.2) is 4.98 Å².